The van der Waals surface area contributed by atoms with Crippen LogP contribution in [0.5, 0.6) is 0 Å². The van der Waals surface area contributed by atoms with Crippen molar-refractivity contribution in [2.45, 2.75) is 115 Å². The Labute approximate surface area is 264 Å². The van der Waals surface area contributed by atoms with E-state index >= 15 is 0 Å². The number of allylic oxidation sites excluding steroid dienone is 1. The molecule has 2 saturated heterocycles. The summed E-state index contributed by atoms with van der Waals surface area (Å²) in [4.78, 5) is 42.2. The molecule has 4 rings (SSSR count). The zero-order valence-electron chi connectivity index (χ0n) is 27.8. The van der Waals surface area contributed by atoms with Crippen molar-refractivity contribution in [3.8, 4) is 0 Å². The summed E-state index contributed by atoms with van der Waals surface area (Å²) in [5.74, 6) is -1.24. The van der Waals surface area contributed by atoms with E-state index in [1.807, 2.05) is 6.92 Å². The number of carbonyl (C=O) groups is 3. The van der Waals surface area contributed by atoms with E-state index in [9.17, 15) is 19.5 Å². The van der Waals surface area contributed by atoms with Crippen LogP contribution in [0.3, 0.4) is 0 Å². The molecule has 8 N–H and O–H groups in total. The molecule has 0 aromatic rings. The van der Waals surface area contributed by atoms with Gasteiger partial charge in [0.25, 0.3) is 5.60 Å². The molecule has 2 aliphatic carbocycles. The SMILES string of the molecule is CCCCC(C[NH2+]CC)COC(=O)C12OC1(CC(CO)=C(C)CCC1CC[NH2+]C(NC[NH2+]C)C1)C(=O)C1CCCCC1C2=O. The number of nitrogens with two attached hydrogens (primary N) is 3. The van der Waals surface area contributed by atoms with E-state index in [-0.39, 0.29) is 37.1 Å². The summed E-state index contributed by atoms with van der Waals surface area (Å²) in [6, 6.07) is 0. The van der Waals surface area contributed by atoms with Gasteiger partial charge in [-0.1, -0.05) is 38.2 Å². The molecule has 10 nitrogen and oxygen atoms in total. The van der Waals surface area contributed by atoms with E-state index in [1.165, 1.54) is 0 Å². The predicted octanol–water partition coefficient (Wildman–Crippen LogP) is -0.0958. The maximum Gasteiger partial charge on any atom is 0.350 e. The quantitative estimate of drug-likeness (QED) is 0.0471. The van der Waals surface area contributed by atoms with Crippen molar-refractivity contribution in [2.24, 2.45) is 23.7 Å². The van der Waals surface area contributed by atoms with E-state index in [0.29, 0.717) is 30.5 Å². The zero-order chi connectivity index (χ0) is 31.7. The Morgan fingerprint density at radius 3 is 2.61 bits per heavy atom. The second kappa shape index (κ2) is 16.2. The molecule has 7 atom stereocenters. The summed E-state index contributed by atoms with van der Waals surface area (Å²) in [5, 5.41) is 20.8. The van der Waals surface area contributed by atoms with E-state index in [1.54, 1.807) is 0 Å². The van der Waals surface area contributed by atoms with Crippen molar-refractivity contribution in [3.05, 3.63) is 11.1 Å². The highest BCUT2D eigenvalue weighted by atomic mass is 16.7. The fraction of sp³-hybridized carbons (Fsp3) is 0.853. The number of unbranched alkanes of at least 4 members (excludes halogenated alkanes) is 1. The number of fused-ring (bicyclic) bond motifs is 2. The Morgan fingerprint density at radius 1 is 1.18 bits per heavy atom. The number of ketones is 2. The van der Waals surface area contributed by atoms with Gasteiger partial charge in [0.1, 0.15) is 12.8 Å². The maximum absolute atomic E-state index is 14.2. The largest absolute Gasteiger partial charge is 0.463 e. The van der Waals surface area contributed by atoms with Gasteiger partial charge < -0.3 is 30.5 Å². The van der Waals surface area contributed by atoms with Gasteiger partial charge in [-0.25, -0.2) is 10.1 Å². The third-order valence-electron chi connectivity index (χ3n) is 10.9. The molecular weight excluding hydrogens is 560 g/mol. The van der Waals surface area contributed by atoms with E-state index in [0.717, 1.165) is 89.7 Å². The lowest BCUT2D eigenvalue weighted by atomic mass is 9.60. The van der Waals surface area contributed by atoms with Gasteiger partial charge in [-0.3, -0.25) is 9.59 Å². The average Bonchev–Trinajstić information content (AvgIpc) is 3.75. The molecular formula is C34H61N4O6+3. The van der Waals surface area contributed by atoms with Crippen LogP contribution in [0, 0.1) is 23.7 Å². The van der Waals surface area contributed by atoms with Crippen LogP contribution in [0.1, 0.15) is 97.8 Å². The second-order valence-corrected chi connectivity index (χ2v) is 14.0. The number of nitrogens with one attached hydrogen (secondary N) is 1. The van der Waals surface area contributed by atoms with Gasteiger partial charge >= 0.3 is 5.97 Å². The zero-order valence-corrected chi connectivity index (χ0v) is 27.8. The molecule has 10 heteroatoms. The summed E-state index contributed by atoms with van der Waals surface area (Å²) in [6.07, 6.45) is 10.7. The molecule has 4 aliphatic rings. The van der Waals surface area contributed by atoms with Crippen molar-refractivity contribution in [1.82, 2.24) is 5.32 Å². The van der Waals surface area contributed by atoms with Crippen molar-refractivity contribution in [2.75, 3.05) is 46.6 Å². The molecule has 0 radical (unpaired) electrons. The fourth-order valence-corrected chi connectivity index (χ4v) is 8.09. The first-order chi connectivity index (χ1) is 21.3. The molecule has 2 saturated carbocycles. The number of piperidine rings is 1. The minimum atomic E-state index is -1.87. The Morgan fingerprint density at radius 2 is 1.93 bits per heavy atom. The monoisotopic (exact) mass is 621 g/mol. The molecule has 0 amide bonds. The first-order valence-electron chi connectivity index (χ1n) is 17.7. The lowest BCUT2D eigenvalue weighted by Gasteiger charge is -2.37. The first kappa shape index (κ1) is 35.2. The molecule has 0 spiro atoms. The Kier molecular flexibility index (Phi) is 13.0. The summed E-state index contributed by atoms with van der Waals surface area (Å²) in [5.41, 5.74) is -1.69. The normalized spacial score (nSPS) is 32.8. The summed E-state index contributed by atoms with van der Waals surface area (Å²) >= 11 is 0. The molecule has 2 heterocycles. The van der Waals surface area contributed by atoms with Crippen molar-refractivity contribution < 1.29 is 44.9 Å². The van der Waals surface area contributed by atoms with Crippen LogP contribution < -0.4 is 21.3 Å². The Hall–Kier alpha value is -1.69. The number of carbonyl (C=O) groups excluding carboxylic acids is 3. The smallest absolute Gasteiger partial charge is 0.350 e. The van der Waals surface area contributed by atoms with E-state index in [2.05, 4.69) is 42.2 Å². The van der Waals surface area contributed by atoms with Crippen LogP contribution in [0.25, 0.3) is 0 Å². The summed E-state index contributed by atoms with van der Waals surface area (Å²) in [7, 11) is 2.06. The van der Waals surface area contributed by atoms with Crippen LogP contribution in [0.2, 0.25) is 0 Å². The van der Waals surface area contributed by atoms with Crippen LogP contribution in [0.15, 0.2) is 11.1 Å². The molecule has 2 aliphatic heterocycles. The maximum atomic E-state index is 14.2. The van der Waals surface area contributed by atoms with Gasteiger partial charge in [0.2, 0.25) is 0 Å². The summed E-state index contributed by atoms with van der Waals surface area (Å²) in [6.45, 7) is 10.1. The number of epoxide rings is 1. The van der Waals surface area contributed by atoms with Gasteiger partial charge in [0.15, 0.2) is 17.2 Å². The van der Waals surface area contributed by atoms with Crippen molar-refractivity contribution in [1.29, 1.82) is 0 Å². The molecule has 0 bridgehead atoms. The van der Waals surface area contributed by atoms with Gasteiger partial charge in [0.05, 0.1) is 39.9 Å². The number of quaternary nitrogens is 3. The predicted molar refractivity (Wildman–Crippen MR) is 166 cm³/mol. The number of ether oxygens (including phenoxy) is 2. The molecule has 7 unspecified atom stereocenters. The Balaban J connectivity index is 1.51. The Bertz CT molecular complexity index is 1030. The highest BCUT2D eigenvalue weighted by Crippen LogP contribution is 2.62. The third-order valence-corrected chi connectivity index (χ3v) is 10.9. The number of aliphatic hydroxyl groups is 1. The van der Waals surface area contributed by atoms with E-state index < -0.39 is 29.0 Å². The average molecular weight is 622 g/mol. The summed E-state index contributed by atoms with van der Waals surface area (Å²) < 4.78 is 12.1. The number of hydrogen-bond acceptors (Lipinski definition) is 7. The van der Waals surface area contributed by atoms with Gasteiger partial charge in [-0.05, 0) is 63.9 Å². The number of esters is 1. The second-order valence-electron chi connectivity index (χ2n) is 14.0. The van der Waals surface area contributed by atoms with Crippen LogP contribution in [-0.2, 0) is 23.9 Å². The van der Waals surface area contributed by atoms with Gasteiger partial charge in [-0.2, -0.15) is 0 Å². The third kappa shape index (κ3) is 7.47. The van der Waals surface area contributed by atoms with Gasteiger partial charge in [-0.15, -0.1) is 0 Å². The van der Waals surface area contributed by atoms with Crippen molar-refractivity contribution in [3.63, 3.8) is 0 Å². The minimum Gasteiger partial charge on any atom is -0.463 e. The van der Waals surface area contributed by atoms with Crippen molar-refractivity contribution >= 4 is 17.5 Å². The van der Waals surface area contributed by atoms with E-state index in [4.69, 9.17) is 9.47 Å². The lowest BCUT2D eigenvalue weighted by molar-refractivity contribution is -0.716. The molecule has 44 heavy (non-hydrogen) atoms. The van der Waals surface area contributed by atoms with Crippen LogP contribution in [0.4, 0.5) is 0 Å². The number of hydrogen-bond donors (Lipinski definition) is 5. The minimum absolute atomic E-state index is 0.0794. The lowest BCUT2D eigenvalue weighted by Crippen LogP contribution is -2.97. The molecule has 250 valence electrons. The topological polar surface area (TPSA) is 155 Å². The molecule has 4 fully saturated rings. The fourth-order valence-electron chi connectivity index (χ4n) is 8.09. The number of aliphatic hydroxyl groups excluding tert-OH is 1. The highest BCUT2D eigenvalue weighted by Gasteiger charge is 2.87. The van der Waals surface area contributed by atoms with Crippen LogP contribution >= 0.6 is 0 Å². The first-order valence-corrected chi connectivity index (χ1v) is 17.7. The van der Waals surface area contributed by atoms with Crippen LogP contribution in [-0.4, -0.2) is 86.6 Å². The number of rotatable bonds is 18. The molecule has 0 aromatic carbocycles. The standard InChI is InChI=1S/C34H58N4O6/c1-5-7-10-25(19-36-6-2)21-43-32(42)34-31(41)28-12-9-8-11-27(28)30(40)33(34,44-34)18-26(20-39)23(3)13-14-24-15-16-37-29(17-24)38-22-35-4/h24-25,27-29,35-39H,5-22H2,1-4H3/p+3. The number of Topliss-reactive ketones (excluding diaryl/α,β-unsaturated/α-hetero) is 2. The van der Waals surface area contributed by atoms with Gasteiger partial charge in [0, 0.05) is 30.6 Å². The highest BCUT2D eigenvalue weighted by molar-refractivity contribution is 6.23. The molecule has 0 aromatic heterocycles.